The molecule has 0 saturated carbocycles. The van der Waals surface area contributed by atoms with Gasteiger partial charge in [-0.05, 0) is 42.7 Å². The minimum Gasteiger partial charge on any atom is -0.504 e. The molecule has 0 aromatic heterocycles. The third-order valence-electron chi connectivity index (χ3n) is 5.26. The van der Waals surface area contributed by atoms with Crippen molar-refractivity contribution in [1.29, 1.82) is 0 Å². The Bertz CT molecular complexity index is 960. The smallest absolute Gasteiger partial charge is 0.159 e. The molecule has 2 heterocycles. The maximum absolute atomic E-state index is 13.3. The molecule has 2 aliphatic rings. The lowest BCUT2D eigenvalue weighted by Crippen LogP contribution is -2.45. The number of aliphatic imine (C=N–C) groups is 1. The lowest BCUT2D eigenvalue weighted by atomic mass is 9.96. The predicted octanol–water partition coefficient (Wildman–Crippen LogP) is 4.71. The molecule has 0 atom stereocenters. The van der Waals surface area contributed by atoms with E-state index in [1.54, 1.807) is 12.1 Å². The van der Waals surface area contributed by atoms with Crippen molar-refractivity contribution in [2.45, 2.75) is 26.3 Å². The zero-order valence-corrected chi connectivity index (χ0v) is 16.1. The molecule has 0 unspecified atom stereocenters. The van der Waals surface area contributed by atoms with Crippen molar-refractivity contribution < 1.29 is 9.50 Å². The summed E-state index contributed by atoms with van der Waals surface area (Å²) in [6.07, 6.45) is 4.18. The van der Waals surface area contributed by atoms with E-state index < -0.39 is 0 Å². The largest absolute Gasteiger partial charge is 0.504 e. The minimum absolute atomic E-state index is 0.195. The van der Waals surface area contributed by atoms with Crippen molar-refractivity contribution >= 4 is 5.84 Å². The van der Waals surface area contributed by atoms with E-state index in [4.69, 9.17) is 0 Å². The number of fused-ring (bicyclic) bond motifs is 1. The number of hydrogen-bond acceptors (Lipinski definition) is 4. The molecule has 0 saturated heterocycles. The Hall–Kier alpha value is -3.08. The summed E-state index contributed by atoms with van der Waals surface area (Å²) in [5.74, 6) is 0.860. The van der Waals surface area contributed by atoms with Crippen LogP contribution < -0.4 is 0 Å². The van der Waals surface area contributed by atoms with Crippen LogP contribution in [0.5, 0.6) is 0 Å². The average Bonchev–Trinajstić information content (AvgIpc) is 2.71. The first kappa shape index (κ1) is 18.3. The molecular formula is C23H24FN3O. The summed E-state index contributed by atoms with van der Waals surface area (Å²) < 4.78 is 13.3. The van der Waals surface area contributed by atoms with Crippen LogP contribution in [0.25, 0.3) is 11.1 Å². The van der Waals surface area contributed by atoms with Gasteiger partial charge >= 0.3 is 0 Å². The zero-order valence-electron chi connectivity index (χ0n) is 16.1. The maximum Gasteiger partial charge on any atom is 0.159 e. The second-order valence-electron chi connectivity index (χ2n) is 7.40. The van der Waals surface area contributed by atoms with Gasteiger partial charge in [-0.2, -0.15) is 0 Å². The maximum atomic E-state index is 13.3. The van der Waals surface area contributed by atoms with Crippen LogP contribution in [0.15, 0.2) is 77.4 Å². The number of rotatable bonds is 4. The number of nitrogens with zero attached hydrogens (tertiary/aromatic N) is 3. The van der Waals surface area contributed by atoms with E-state index in [9.17, 15) is 9.50 Å². The Balaban J connectivity index is 1.65. The van der Waals surface area contributed by atoms with Crippen LogP contribution in [-0.4, -0.2) is 39.9 Å². The van der Waals surface area contributed by atoms with Crippen LogP contribution in [0.2, 0.25) is 0 Å². The number of hydrogen-bond donors (Lipinski definition) is 1. The van der Waals surface area contributed by atoms with Crippen LogP contribution in [0.4, 0.5) is 4.39 Å². The van der Waals surface area contributed by atoms with Crippen molar-refractivity contribution in [2.75, 3.05) is 13.1 Å². The van der Waals surface area contributed by atoms with Gasteiger partial charge < -0.3 is 14.9 Å². The fourth-order valence-electron chi connectivity index (χ4n) is 3.68. The monoisotopic (exact) mass is 377 g/mol. The van der Waals surface area contributed by atoms with Gasteiger partial charge in [0, 0.05) is 31.8 Å². The molecule has 144 valence electrons. The number of halogens is 1. The SMILES string of the molecule is CC(C)N1C=C2C(O)=CN=C(Cc3ccccc3-c3ccc(F)cc3)N2CC1. The van der Waals surface area contributed by atoms with E-state index >= 15 is 0 Å². The topological polar surface area (TPSA) is 39.1 Å². The third-order valence-corrected chi connectivity index (χ3v) is 5.26. The first-order chi connectivity index (χ1) is 13.5. The Morgan fingerprint density at radius 3 is 2.57 bits per heavy atom. The van der Waals surface area contributed by atoms with Crippen molar-refractivity contribution in [3.05, 3.63) is 83.8 Å². The lowest BCUT2D eigenvalue weighted by Gasteiger charge is -2.39. The molecule has 0 amide bonds. The average molecular weight is 377 g/mol. The van der Waals surface area contributed by atoms with Gasteiger partial charge in [-0.25, -0.2) is 9.38 Å². The van der Waals surface area contributed by atoms with Gasteiger partial charge in [0.15, 0.2) is 5.76 Å². The molecule has 0 bridgehead atoms. The summed E-state index contributed by atoms with van der Waals surface area (Å²) in [6, 6.07) is 15.1. The van der Waals surface area contributed by atoms with E-state index in [-0.39, 0.29) is 11.6 Å². The van der Waals surface area contributed by atoms with Gasteiger partial charge in [0.05, 0.1) is 6.20 Å². The lowest BCUT2D eigenvalue weighted by molar-refractivity contribution is 0.242. The summed E-state index contributed by atoms with van der Waals surface area (Å²) in [5.41, 5.74) is 3.96. The molecule has 1 N–H and O–H groups in total. The molecule has 28 heavy (non-hydrogen) atoms. The standard InChI is InChI=1S/C23H24FN3O/c1-16(2)26-11-12-27-21(15-26)22(28)14-25-23(27)13-18-5-3-4-6-20(18)17-7-9-19(24)10-8-17/h3-10,14-16,28H,11-13H2,1-2H3. The van der Waals surface area contributed by atoms with Gasteiger partial charge in [-0.15, -0.1) is 0 Å². The Morgan fingerprint density at radius 1 is 1.07 bits per heavy atom. The molecule has 2 aromatic rings. The molecule has 2 aliphatic heterocycles. The van der Waals surface area contributed by atoms with Crippen molar-refractivity contribution in [3.63, 3.8) is 0 Å². The summed E-state index contributed by atoms with van der Waals surface area (Å²) in [7, 11) is 0. The molecular weight excluding hydrogens is 353 g/mol. The molecule has 0 fully saturated rings. The minimum atomic E-state index is -0.240. The highest BCUT2D eigenvalue weighted by Crippen LogP contribution is 2.29. The molecule has 0 aliphatic carbocycles. The van der Waals surface area contributed by atoms with Crippen LogP contribution in [0.3, 0.4) is 0 Å². The number of aliphatic hydroxyl groups excluding tert-OH is 1. The second-order valence-corrected chi connectivity index (χ2v) is 7.40. The Kier molecular flexibility index (Phi) is 4.90. The highest BCUT2D eigenvalue weighted by atomic mass is 19.1. The Morgan fingerprint density at radius 2 is 1.82 bits per heavy atom. The number of aliphatic hydroxyl groups is 1. The Labute approximate surface area is 164 Å². The summed E-state index contributed by atoms with van der Waals surface area (Å²) in [4.78, 5) is 8.84. The van der Waals surface area contributed by atoms with Gasteiger partial charge in [0.1, 0.15) is 17.3 Å². The molecule has 0 radical (unpaired) electrons. The quantitative estimate of drug-likeness (QED) is 0.838. The van der Waals surface area contributed by atoms with Crippen molar-refractivity contribution in [2.24, 2.45) is 4.99 Å². The zero-order chi connectivity index (χ0) is 19.7. The third kappa shape index (κ3) is 3.52. The van der Waals surface area contributed by atoms with Gasteiger partial charge in [-0.3, -0.25) is 0 Å². The van der Waals surface area contributed by atoms with Crippen molar-refractivity contribution in [3.8, 4) is 11.1 Å². The van der Waals surface area contributed by atoms with Crippen LogP contribution in [0.1, 0.15) is 19.4 Å². The van der Waals surface area contributed by atoms with Crippen LogP contribution in [-0.2, 0) is 6.42 Å². The number of amidine groups is 1. The first-order valence-corrected chi connectivity index (χ1v) is 9.58. The van der Waals surface area contributed by atoms with Gasteiger partial charge in [0.25, 0.3) is 0 Å². The van der Waals surface area contributed by atoms with Crippen LogP contribution in [0, 0.1) is 5.82 Å². The van der Waals surface area contributed by atoms with Crippen LogP contribution >= 0.6 is 0 Å². The molecule has 4 rings (SSSR count). The number of benzene rings is 2. The fourth-order valence-corrected chi connectivity index (χ4v) is 3.68. The summed E-state index contributed by atoms with van der Waals surface area (Å²) >= 11 is 0. The highest BCUT2D eigenvalue weighted by molar-refractivity contribution is 5.90. The molecule has 0 spiro atoms. The van der Waals surface area contributed by atoms with Crippen molar-refractivity contribution in [1.82, 2.24) is 9.80 Å². The second kappa shape index (κ2) is 7.50. The molecule has 4 nitrogen and oxygen atoms in total. The first-order valence-electron chi connectivity index (χ1n) is 9.58. The van der Waals surface area contributed by atoms with E-state index in [2.05, 4.69) is 34.7 Å². The highest BCUT2D eigenvalue weighted by Gasteiger charge is 2.28. The van der Waals surface area contributed by atoms with Gasteiger partial charge in [-0.1, -0.05) is 36.4 Å². The summed E-state index contributed by atoms with van der Waals surface area (Å²) in [6.45, 7) is 5.95. The molecule has 5 heteroatoms. The predicted molar refractivity (Wildman–Crippen MR) is 110 cm³/mol. The fraction of sp³-hybridized carbons (Fsp3) is 0.261. The van der Waals surface area contributed by atoms with E-state index in [0.29, 0.717) is 12.5 Å². The van der Waals surface area contributed by atoms with E-state index in [0.717, 1.165) is 41.3 Å². The van der Waals surface area contributed by atoms with Gasteiger partial charge in [0.2, 0.25) is 0 Å². The summed E-state index contributed by atoms with van der Waals surface area (Å²) in [5, 5.41) is 10.3. The molecule has 2 aromatic carbocycles. The van der Waals surface area contributed by atoms with E-state index in [1.807, 2.05) is 24.4 Å². The normalized spacial score (nSPS) is 16.5. The van der Waals surface area contributed by atoms with E-state index in [1.165, 1.54) is 18.3 Å².